The summed E-state index contributed by atoms with van der Waals surface area (Å²) in [4.78, 5) is 11.3. The molecule has 4 nitrogen and oxygen atoms in total. The van der Waals surface area contributed by atoms with Crippen LogP contribution < -0.4 is 16.0 Å². The van der Waals surface area contributed by atoms with Gasteiger partial charge in [-0.05, 0) is 60.6 Å². The fourth-order valence-corrected chi connectivity index (χ4v) is 2.25. The number of hydrogen-bond acceptors (Lipinski definition) is 2. The first-order valence-electron chi connectivity index (χ1n) is 7.76. The van der Waals surface area contributed by atoms with E-state index in [9.17, 15) is 9.18 Å². The molecule has 0 atom stereocenters. The first-order valence-corrected chi connectivity index (χ1v) is 8.17. The number of rotatable bonds is 6. The van der Waals surface area contributed by atoms with Crippen molar-refractivity contribution < 1.29 is 9.18 Å². The van der Waals surface area contributed by atoms with Crippen molar-refractivity contribution in [3.8, 4) is 0 Å². The Morgan fingerprint density at radius 3 is 2.17 bits per heavy atom. The van der Waals surface area contributed by atoms with Crippen LogP contribution in [-0.4, -0.2) is 17.6 Å². The summed E-state index contributed by atoms with van der Waals surface area (Å²) in [6, 6.07) is 13.7. The van der Waals surface area contributed by atoms with Crippen molar-refractivity contribution in [1.82, 2.24) is 5.32 Å². The van der Waals surface area contributed by atoms with Crippen LogP contribution in [0.4, 0.5) is 15.8 Å². The van der Waals surface area contributed by atoms with Gasteiger partial charge in [-0.25, -0.2) is 4.39 Å². The lowest BCUT2D eigenvalue weighted by Crippen LogP contribution is -2.30. The van der Waals surface area contributed by atoms with Crippen LogP contribution in [0.15, 0.2) is 48.5 Å². The van der Waals surface area contributed by atoms with Gasteiger partial charge in [0.1, 0.15) is 5.82 Å². The minimum atomic E-state index is -0.234. The highest BCUT2D eigenvalue weighted by molar-refractivity contribution is 7.80. The summed E-state index contributed by atoms with van der Waals surface area (Å²) in [6.45, 7) is 2.46. The molecule has 6 heteroatoms. The van der Waals surface area contributed by atoms with E-state index in [-0.39, 0.29) is 11.7 Å². The Morgan fingerprint density at radius 2 is 1.58 bits per heavy atom. The molecular formula is C18H20FN3OS. The lowest BCUT2D eigenvalue weighted by Gasteiger charge is -2.11. The van der Waals surface area contributed by atoms with Crippen LogP contribution in [0.1, 0.15) is 18.9 Å². The van der Waals surface area contributed by atoms with Crippen molar-refractivity contribution in [2.45, 2.75) is 19.8 Å². The van der Waals surface area contributed by atoms with Gasteiger partial charge in [0.2, 0.25) is 5.91 Å². The molecule has 126 valence electrons. The predicted molar refractivity (Wildman–Crippen MR) is 99.7 cm³/mol. The summed E-state index contributed by atoms with van der Waals surface area (Å²) < 4.78 is 12.8. The van der Waals surface area contributed by atoms with Crippen LogP contribution in [-0.2, 0) is 11.2 Å². The van der Waals surface area contributed by atoms with Gasteiger partial charge in [-0.15, -0.1) is 0 Å². The number of hydrogen-bond donors (Lipinski definition) is 3. The number of carbonyl (C=O) groups excluding carboxylic acids is 1. The average Bonchev–Trinajstić information content (AvgIpc) is 2.58. The molecule has 0 bridgehead atoms. The molecule has 0 saturated carbocycles. The quantitative estimate of drug-likeness (QED) is 0.699. The van der Waals surface area contributed by atoms with E-state index in [1.54, 1.807) is 19.1 Å². The topological polar surface area (TPSA) is 53.2 Å². The molecule has 2 rings (SSSR count). The molecule has 1 amide bonds. The highest BCUT2D eigenvalue weighted by Gasteiger charge is 2.01. The molecule has 0 aliphatic carbocycles. The van der Waals surface area contributed by atoms with Crippen molar-refractivity contribution in [3.05, 3.63) is 59.9 Å². The van der Waals surface area contributed by atoms with Gasteiger partial charge in [-0.1, -0.05) is 19.1 Å². The van der Waals surface area contributed by atoms with Gasteiger partial charge in [0, 0.05) is 24.3 Å². The van der Waals surface area contributed by atoms with Crippen LogP contribution in [0, 0.1) is 5.82 Å². The van der Waals surface area contributed by atoms with E-state index in [2.05, 4.69) is 16.0 Å². The Hall–Kier alpha value is -2.47. The Kier molecular flexibility index (Phi) is 6.69. The molecule has 0 aliphatic rings. The highest BCUT2D eigenvalue weighted by atomic mass is 32.1. The van der Waals surface area contributed by atoms with Crippen LogP contribution in [0.2, 0.25) is 0 Å². The molecule has 0 heterocycles. The van der Waals surface area contributed by atoms with Crippen molar-refractivity contribution in [2.75, 3.05) is 17.2 Å². The molecule has 0 saturated heterocycles. The smallest absolute Gasteiger partial charge is 0.224 e. The number of halogens is 1. The maximum absolute atomic E-state index is 12.8. The summed E-state index contributed by atoms with van der Waals surface area (Å²) >= 11 is 5.24. The minimum Gasteiger partial charge on any atom is -0.362 e. The normalized spacial score (nSPS) is 10.1. The van der Waals surface area contributed by atoms with Gasteiger partial charge in [0.15, 0.2) is 5.11 Å². The summed E-state index contributed by atoms with van der Waals surface area (Å²) in [5, 5.41) is 9.49. The maximum atomic E-state index is 12.8. The van der Waals surface area contributed by atoms with E-state index in [0.717, 1.165) is 23.4 Å². The van der Waals surface area contributed by atoms with Crippen molar-refractivity contribution in [2.24, 2.45) is 0 Å². The Balaban J connectivity index is 1.75. The average molecular weight is 345 g/mol. The Bertz CT molecular complexity index is 686. The van der Waals surface area contributed by atoms with Crippen molar-refractivity contribution >= 4 is 34.6 Å². The minimum absolute atomic E-state index is 0.0197. The first-order chi connectivity index (χ1) is 11.6. The molecule has 0 spiro atoms. The molecule has 0 unspecified atom stereocenters. The van der Waals surface area contributed by atoms with E-state index >= 15 is 0 Å². The zero-order valence-corrected chi connectivity index (χ0v) is 14.3. The second kappa shape index (κ2) is 8.98. The summed E-state index contributed by atoms with van der Waals surface area (Å²) in [5.74, 6) is -0.254. The van der Waals surface area contributed by atoms with E-state index in [1.807, 2.05) is 24.3 Å². The summed E-state index contributed by atoms with van der Waals surface area (Å²) in [5.41, 5.74) is 2.63. The molecule has 0 aromatic heterocycles. The number of nitrogens with one attached hydrogen (secondary N) is 3. The van der Waals surface area contributed by atoms with Crippen molar-refractivity contribution in [3.63, 3.8) is 0 Å². The molecule has 2 aromatic rings. The fourth-order valence-electron chi connectivity index (χ4n) is 2.03. The molecule has 3 N–H and O–H groups in total. The van der Waals surface area contributed by atoms with Crippen molar-refractivity contribution in [1.29, 1.82) is 0 Å². The van der Waals surface area contributed by atoms with Gasteiger partial charge < -0.3 is 16.0 Å². The number of amides is 1. The van der Waals surface area contributed by atoms with E-state index in [0.29, 0.717) is 18.1 Å². The highest BCUT2D eigenvalue weighted by Crippen LogP contribution is 2.13. The van der Waals surface area contributed by atoms with Gasteiger partial charge in [0.05, 0.1) is 0 Å². The second-order valence-electron chi connectivity index (χ2n) is 5.24. The van der Waals surface area contributed by atoms with Crippen LogP contribution in [0.3, 0.4) is 0 Å². The zero-order chi connectivity index (χ0) is 17.4. The third kappa shape index (κ3) is 5.96. The van der Waals surface area contributed by atoms with E-state index in [1.165, 1.54) is 12.1 Å². The number of thiocarbonyl (C=S) groups is 1. The van der Waals surface area contributed by atoms with E-state index in [4.69, 9.17) is 12.2 Å². The Morgan fingerprint density at radius 1 is 1.00 bits per heavy atom. The lowest BCUT2D eigenvalue weighted by molar-refractivity contribution is -0.115. The zero-order valence-electron chi connectivity index (χ0n) is 13.4. The predicted octanol–water partition coefficient (Wildman–Crippen LogP) is 3.70. The monoisotopic (exact) mass is 345 g/mol. The fraction of sp³-hybridized carbons (Fsp3) is 0.222. The molecule has 24 heavy (non-hydrogen) atoms. The van der Waals surface area contributed by atoms with Crippen LogP contribution in [0.25, 0.3) is 0 Å². The molecule has 2 aromatic carbocycles. The number of benzene rings is 2. The molecular weight excluding hydrogens is 325 g/mol. The number of carbonyl (C=O) groups is 1. The van der Waals surface area contributed by atoms with E-state index < -0.39 is 0 Å². The summed E-state index contributed by atoms with van der Waals surface area (Å²) in [6.07, 6.45) is 1.20. The SMILES string of the molecule is CCC(=O)Nc1ccc(NC(=S)NCCc2ccc(F)cc2)cc1. The first kappa shape index (κ1) is 17.9. The van der Waals surface area contributed by atoms with Gasteiger partial charge in [-0.2, -0.15) is 0 Å². The second-order valence-corrected chi connectivity index (χ2v) is 5.64. The lowest BCUT2D eigenvalue weighted by atomic mass is 10.1. The maximum Gasteiger partial charge on any atom is 0.224 e. The molecule has 0 radical (unpaired) electrons. The summed E-state index contributed by atoms with van der Waals surface area (Å²) in [7, 11) is 0. The van der Waals surface area contributed by atoms with Crippen LogP contribution >= 0.6 is 12.2 Å². The number of anilines is 2. The molecule has 0 aliphatic heterocycles. The van der Waals surface area contributed by atoms with Crippen LogP contribution in [0.5, 0.6) is 0 Å². The van der Waals surface area contributed by atoms with Gasteiger partial charge in [0.25, 0.3) is 0 Å². The largest absolute Gasteiger partial charge is 0.362 e. The Labute approximate surface area is 146 Å². The third-order valence-corrected chi connectivity index (χ3v) is 3.61. The van der Waals surface area contributed by atoms with Gasteiger partial charge in [-0.3, -0.25) is 4.79 Å². The molecule has 0 fully saturated rings. The van der Waals surface area contributed by atoms with Gasteiger partial charge >= 0.3 is 0 Å². The third-order valence-electron chi connectivity index (χ3n) is 3.36. The standard InChI is InChI=1S/C18H20FN3OS/c1-2-17(23)21-15-7-9-16(10-8-15)22-18(24)20-12-11-13-3-5-14(19)6-4-13/h3-10H,2,11-12H2,1H3,(H,21,23)(H2,20,22,24).